The molecule has 0 radical (unpaired) electrons. The maximum absolute atomic E-state index is 3.62. The number of benzene rings is 7. The molecule has 7 rings (SSSR count). The van der Waals surface area contributed by atoms with Crippen LogP contribution in [0.2, 0.25) is 0 Å². The van der Waals surface area contributed by atoms with E-state index in [-0.39, 0.29) is 0 Å². The van der Waals surface area contributed by atoms with E-state index in [0.29, 0.717) is 0 Å². The number of nitrogens with one attached hydrogen (secondary N) is 3. The smallest absolute Gasteiger partial charge is 0.0340 e. The summed E-state index contributed by atoms with van der Waals surface area (Å²) in [4.78, 5) is 0. The fraction of sp³-hybridized carbons (Fsp3) is 0.176. The first-order chi connectivity index (χ1) is 26.7. The fourth-order valence-corrected chi connectivity index (χ4v) is 6.98. The maximum atomic E-state index is 3.62. The van der Waals surface area contributed by atoms with Crippen molar-refractivity contribution in [3.05, 3.63) is 199 Å². The van der Waals surface area contributed by atoms with Gasteiger partial charge in [0.2, 0.25) is 0 Å². The van der Waals surface area contributed by atoms with Crippen LogP contribution in [0.25, 0.3) is 33.4 Å². The van der Waals surface area contributed by atoms with Crippen LogP contribution in [0, 0.1) is 0 Å². The third-order valence-corrected chi connectivity index (χ3v) is 10.0. The Labute approximate surface area is 322 Å². The Morgan fingerprint density at radius 1 is 0.259 bits per heavy atom. The third-order valence-electron chi connectivity index (χ3n) is 10.0. The van der Waals surface area contributed by atoms with Crippen molar-refractivity contribution < 1.29 is 0 Å². The molecule has 0 atom stereocenters. The molecule has 0 saturated carbocycles. The Hall–Kier alpha value is -6.06. The van der Waals surface area contributed by atoms with Gasteiger partial charge in [-0.1, -0.05) is 127 Å². The van der Waals surface area contributed by atoms with Crippen LogP contribution in [0.5, 0.6) is 0 Å². The Balaban J connectivity index is 1.04. The zero-order valence-corrected chi connectivity index (χ0v) is 31.2. The molecule has 3 N–H and O–H groups in total. The van der Waals surface area contributed by atoms with Gasteiger partial charge in [0.15, 0.2) is 0 Å². The molecule has 0 bridgehead atoms. The van der Waals surface area contributed by atoms with Crippen molar-refractivity contribution in [1.29, 1.82) is 0 Å². The van der Waals surface area contributed by atoms with E-state index >= 15 is 0 Å². The van der Waals surface area contributed by atoms with Crippen LogP contribution in [0.15, 0.2) is 182 Å². The van der Waals surface area contributed by atoms with Gasteiger partial charge in [-0.2, -0.15) is 0 Å². The highest BCUT2D eigenvalue weighted by Crippen LogP contribution is 2.34. The Kier molecular flexibility index (Phi) is 12.9. The van der Waals surface area contributed by atoms with E-state index in [0.717, 1.165) is 75.2 Å². The van der Waals surface area contributed by atoms with Crippen LogP contribution in [-0.2, 0) is 19.3 Å². The zero-order chi connectivity index (χ0) is 36.6. The lowest BCUT2D eigenvalue weighted by Crippen LogP contribution is -2.03. The van der Waals surface area contributed by atoms with E-state index in [1.807, 2.05) is 0 Å². The third kappa shape index (κ3) is 10.7. The van der Waals surface area contributed by atoms with Crippen LogP contribution in [0.4, 0.5) is 17.1 Å². The topological polar surface area (TPSA) is 36.1 Å². The monoisotopic (exact) mass is 705 g/mol. The summed E-state index contributed by atoms with van der Waals surface area (Å²) >= 11 is 0. The molecule has 3 heteroatoms. The van der Waals surface area contributed by atoms with E-state index in [2.05, 4.69) is 198 Å². The van der Waals surface area contributed by atoms with Crippen LogP contribution >= 0.6 is 0 Å². The van der Waals surface area contributed by atoms with Gasteiger partial charge in [-0.3, -0.25) is 0 Å². The van der Waals surface area contributed by atoms with E-state index in [1.165, 1.54) is 50.1 Å². The average Bonchev–Trinajstić information content (AvgIpc) is 3.24. The molecule has 0 heterocycles. The van der Waals surface area contributed by atoms with Crippen LogP contribution < -0.4 is 16.0 Å². The molecule has 0 saturated heterocycles. The molecule has 0 aliphatic carbocycles. The highest BCUT2D eigenvalue weighted by Gasteiger charge is 2.09. The number of rotatable bonds is 18. The lowest BCUT2D eigenvalue weighted by atomic mass is 9.93. The van der Waals surface area contributed by atoms with Crippen molar-refractivity contribution in [2.45, 2.75) is 38.5 Å². The van der Waals surface area contributed by atoms with Gasteiger partial charge < -0.3 is 16.0 Å². The second-order valence-electron chi connectivity index (χ2n) is 14.1. The summed E-state index contributed by atoms with van der Waals surface area (Å²) in [5.74, 6) is 0. The minimum atomic E-state index is 0.948. The average molecular weight is 706 g/mol. The normalized spacial score (nSPS) is 10.9. The minimum absolute atomic E-state index is 0.948. The molecule has 3 nitrogen and oxygen atoms in total. The van der Waals surface area contributed by atoms with Gasteiger partial charge in [-0.15, -0.1) is 0 Å². The van der Waals surface area contributed by atoms with Crippen LogP contribution in [0.3, 0.4) is 0 Å². The van der Waals surface area contributed by atoms with E-state index in [1.54, 1.807) is 0 Å². The van der Waals surface area contributed by atoms with E-state index in [4.69, 9.17) is 0 Å². The second-order valence-corrected chi connectivity index (χ2v) is 14.1. The van der Waals surface area contributed by atoms with Crippen molar-refractivity contribution in [3.8, 4) is 33.4 Å². The van der Waals surface area contributed by atoms with Crippen LogP contribution in [-0.4, -0.2) is 19.6 Å². The maximum Gasteiger partial charge on any atom is 0.0340 e. The molecule has 270 valence electrons. The van der Waals surface area contributed by atoms with Crippen molar-refractivity contribution in [1.82, 2.24) is 0 Å². The fourth-order valence-electron chi connectivity index (χ4n) is 6.98. The van der Waals surface area contributed by atoms with Gasteiger partial charge in [0.1, 0.15) is 0 Å². The molecule has 0 spiro atoms. The Morgan fingerprint density at radius 2 is 0.519 bits per heavy atom. The molecule has 7 aromatic carbocycles. The van der Waals surface area contributed by atoms with Crippen molar-refractivity contribution in [3.63, 3.8) is 0 Å². The predicted octanol–water partition coefficient (Wildman–Crippen LogP) is 12.8. The molecule has 0 unspecified atom stereocenters. The molecule has 0 aliphatic rings. The Bertz CT molecular complexity index is 1860. The van der Waals surface area contributed by atoms with Crippen LogP contribution in [0.1, 0.15) is 36.0 Å². The largest absolute Gasteiger partial charge is 0.385 e. The van der Waals surface area contributed by atoms with E-state index in [9.17, 15) is 0 Å². The molecule has 0 fully saturated rings. The highest BCUT2D eigenvalue weighted by atomic mass is 14.9. The second kappa shape index (κ2) is 19.1. The number of hydrogen-bond donors (Lipinski definition) is 3. The van der Waals surface area contributed by atoms with Gasteiger partial charge in [0, 0.05) is 36.7 Å². The highest BCUT2D eigenvalue weighted by molar-refractivity contribution is 5.82. The SMILES string of the molecule is c1ccc(CCCNc2ccc(-c3cc(-c4ccc(NCCCc5ccccc5)cc4)cc(-c4ccc(NCCCc5ccccc5)cc4)c3)cc2)cc1. The summed E-state index contributed by atoms with van der Waals surface area (Å²) in [6, 6.07) is 65.9. The number of hydrogen-bond acceptors (Lipinski definition) is 3. The molecule has 0 amide bonds. The molecule has 0 aromatic heterocycles. The zero-order valence-electron chi connectivity index (χ0n) is 31.2. The first-order valence-corrected chi connectivity index (χ1v) is 19.5. The summed E-state index contributed by atoms with van der Waals surface area (Å²) in [6.07, 6.45) is 6.54. The quantitative estimate of drug-likeness (QED) is 0.0778. The van der Waals surface area contributed by atoms with Crippen molar-refractivity contribution in [2.24, 2.45) is 0 Å². The lowest BCUT2D eigenvalue weighted by molar-refractivity contribution is 0.863. The first-order valence-electron chi connectivity index (χ1n) is 19.5. The minimum Gasteiger partial charge on any atom is -0.385 e. The first kappa shape index (κ1) is 36.3. The van der Waals surface area contributed by atoms with Gasteiger partial charge in [-0.25, -0.2) is 0 Å². The number of aryl methyl sites for hydroxylation is 3. The van der Waals surface area contributed by atoms with Crippen molar-refractivity contribution >= 4 is 17.1 Å². The summed E-state index contributed by atoms with van der Waals surface area (Å²) in [5, 5.41) is 10.9. The lowest BCUT2D eigenvalue weighted by Gasteiger charge is -2.14. The standard InChI is InChI=1S/C51H51N3/c1-4-13-40(14-5-1)19-10-34-52-49-28-22-43(23-29-49)46-37-47(44-24-30-50(31-25-44)53-35-11-20-41-15-6-2-7-16-41)39-48(38-46)45-26-32-51(33-27-45)54-36-12-21-42-17-8-3-9-18-42/h1-9,13-18,22-33,37-39,52-54H,10-12,19-21,34-36H2. The predicted molar refractivity (Wildman–Crippen MR) is 233 cm³/mol. The van der Waals surface area contributed by atoms with Crippen molar-refractivity contribution in [2.75, 3.05) is 35.6 Å². The summed E-state index contributed by atoms with van der Waals surface area (Å²) in [7, 11) is 0. The Morgan fingerprint density at radius 3 is 0.778 bits per heavy atom. The van der Waals surface area contributed by atoms with Gasteiger partial charge in [0.05, 0.1) is 0 Å². The van der Waals surface area contributed by atoms with E-state index < -0.39 is 0 Å². The summed E-state index contributed by atoms with van der Waals surface area (Å²) in [6.45, 7) is 2.84. The molecule has 0 aliphatic heterocycles. The summed E-state index contributed by atoms with van der Waals surface area (Å²) in [5.41, 5.74) is 14.9. The van der Waals surface area contributed by atoms with Gasteiger partial charge >= 0.3 is 0 Å². The number of anilines is 3. The summed E-state index contributed by atoms with van der Waals surface area (Å²) < 4.78 is 0. The van der Waals surface area contributed by atoms with Gasteiger partial charge in [-0.05, 0) is 143 Å². The molecule has 54 heavy (non-hydrogen) atoms. The molecular formula is C51H51N3. The molecular weight excluding hydrogens is 655 g/mol. The van der Waals surface area contributed by atoms with Gasteiger partial charge in [0.25, 0.3) is 0 Å². The molecule has 7 aromatic rings.